The number of aryl methyl sites for hydroxylation is 1. The second kappa shape index (κ2) is 6.53. The summed E-state index contributed by atoms with van der Waals surface area (Å²) in [6, 6.07) is 19.0. The number of nitriles is 1. The van der Waals surface area contributed by atoms with Crippen molar-refractivity contribution in [3.63, 3.8) is 0 Å². The molecule has 0 bridgehead atoms. The molecule has 0 N–H and O–H groups in total. The van der Waals surface area contributed by atoms with Crippen LogP contribution in [0.25, 0.3) is 0 Å². The van der Waals surface area contributed by atoms with Crippen molar-refractivity contribution in [1.82, 2.24) is 0 Å². The van der Waals surface area contributed by atoms with Crippen LogP contribution in [0.5, 0.6) is 0 Å². The molecule has 0 unspecified atom stereocenters. The third-order valence-electron chi connectivity index (χ3n) is 3.03. The summed E-state index contributed by atoms with van der Waals surface area (Å²) in [5.41, 5.74) is 2.55. The first-order chi connectivity index (χ1) is 9.72. The molecule has 0 radical (unpaired) electrons. The fourth-order valence-electron chi connectivity index (χ4n) is 2.04. The molecule has 20 heavy (non-hydrogen) atoms. The Hall–Kier alpha value is -2.60. The van der Waals surface area contributed by atoms with E-state index >= 15 is 0 Å². The van der Waals surface area contributed by atoms with E-state index in [4.69, 9.17) is 5.26 Å². The van der Waals surface area contributed by atoms with E-state index in [2.05, 4.69) is 6.07 Å². The number of benzene rings is 2. The van der Waals surface area contributed by atoms with Gasteiger partial charge in [0.05, 0.1) is 12.5 Å². The van der Waals surface area contributed by atoms with Gasteiger partial charge in [0, 0.05) is 17.8 Å². The summed E-state index contributed by atoms with van der Waals surface area (Å²) in [6.45, 7) is 2.38. The highest BCUT2D eigenvalue weighted by atomic mass is 16.2. The van der Waals surface area contributed by atoms with E-state index in [1.807, 2.05) is 49.4 Å². The Kier molecular flexibility index (Phi) is 4.52. The Labute approximate surface area is 119 Å². The monoisotopic (exact) mass is 264 g/mol. The Morgan fingerprint density at radius 1 is 1.15 bits per heavy atom. The molecular formula is C17H16N2O. The first-order valence-corrected chi connectivity index (χ1v) is 6.53. The van der Waals surface area contributed by atoms with Crippen molar-refractivity contribution in [3.05, 3.63) is 65.7 Å². The van der Waals surface area contributed by atoms with Crippen LogP contribution in [0.15, 0.2) is 54.6 Å². The lowest BCUT2D eigenvalue weighted by Gasteiger charge is -2.22. The van der Waals surface area contributed by atoms with Gasteiger partial charge in [-0.25, -0.2) is 0 Å². The maximum atomic E-state index is 12.6. The van der Waals surface area contributed by atoms with Crippen LogP contribution >= 0.6 is 0 Å². The number of hydrogen-bond donors (Lipinski definition) is 0. The van der Waals surface area contributed by atoms with Crippen molar-refractivity contribution in [2.75, 3.05) is 11.4 Å². The van der Waals surface area contributed by atoms with Gasteiger partial charge in [0.25, 0.3) is 5.91 Å². The van der Waals surface area contributed by atoms with Gasteiger partial charge in [0.1, 0.15) is 0 Å². The van der Waals surface area contributed by atoms with Crippen LogP contribution < -0.4 is 4.90 Å². The smallest absolute Gasteiger partial charge is 0.258 e. The van der Waals surface area contributed by atoms with Crippen molar-refractivity contribution < 1.29 is 4.79 Å². The molecule has 2 rings (SSSR count). The average molecular weight is 264 g/mol. The van der Waals surface area contributed by atoms with Crippen molar-refractivity contribution in [1.29, 1.82) is 5.26 Å². The quantitative estimate of drug-likeness (QED) is 0.847. The highest BCUT2D eigenvalue weighted by Gasteiger charge is 2.17. The fourth-order valence-corrected chi connectivity index (χ4v) is 2.04. The number of carbonyl (C=O) groups is 1. The Morgan fingerprint density at radius 3 is 2.55 bits per heavy atom. The second-order valence-corrected chi connectivity index (χ2v) is 4.57. The predicted octanol–water partition coefficient (Wildman–Crippen LogP) is 3.56. The van der Waals surface area contributed by atoms with Crippen LogP contribution in [0.4, 0.5) is 5.69 Å². The molecule has 2 aromatic rings. The summed E-state index contributed by atoms with van der Waals surface area (Å²) >= 11 is 0. The van der Waals surface area contributed by atoms with Crippen LogP contribution in [0.3, 0.4) is 0 Å². The van der Waals surface area contributed by atoms with E-state index in [9.17, 15) is 4.79 Å². The minimum absolute atomic E-state index is 0.0774. The molecule has 1 amide bonds. The lowest BCUT2D eigenvalue weighted by atomic mass is 10.1. The predicted molar refractivity (Wildman–Crippen MR) is 79.5 cm³/mol. The van der Waals surface area contributed by atoms with Gasteiger partial charge in [-0.3, -0.25) is 4.79 Å². The molecule has 3 nitrogen and oxygen atoms in total. The molecule has 0 fully saturated rings. The fraction of sp³-hybridized carbons (Fsp3) is 0.176. The SMILES string of the molecule is Cc1cccc(N(CCC#N)C(=O)c2ccccc2)c1. The molecule has 0 aromatic heterocycles. The van der Waals surface area contributed by atoms with E-state index in [0.29, 0.717) is 18.5 Å². The molecule has 0 aliphatic rings. The molecule has 2 aromatic carbocycles. The average Bonchev–Trinajstić information content (AvgIpc) is 2.48. The van der Waals surface area contributed by atoms with Gasteiger partial charge in [0.2, 0.25) is 0 Å². The van der Waals surface area contributed by atoms with Crippen LogP contribution in [0.2, 0.25) is 0 Å². The van der Waals surface area contributed by atoms with Gasteiger partial charge < -0.3 is 4.90 Å². The van der Waals surface area contributed by atoms with Crippen molar-refractivity contribution >= 4 is 11.6 Å². The van der Waals surface area contributed by atoms with Crippen LogP contribution in [-0.4, -0.2) is 12.5 Å². The standard InChI is InChI=1S/C17H16N2O/c1-14-7-5-10-16(13-14)19(12-6-11-18)17(20)15-8-3-2-4-9-15/h2-5,7-10,13H,6,12H2,1H3. The number of rotatable bonds is 4. The minimum atomic E-state index is -0.0774. The van der Waals surface area contributed by atoms with Crippen LogP contribution in [-0.2, 0) is 0 Å². The van der Waals surface area contributed by atoms with Crippen LogP contribution in [0.1, 0.15) is 22.3 Å². The number of nitrogens with zero attached hydrogens (tertiary/aromatic N) is 2. The molecule has 0 spiro atoms. The van der Waals surface area contributed by atoms with Gasteiger partial charge in [-0.15, -0.1) is 0 Å². The number of anilines is 1. The Bertz CT molecular complexity index is 629. The first-order valence-electron chi connectivity index (χ1n) is 6.53. The zero-order valence-electron chi connectivity index (χ0n) is 11.4. The number of carbonyl (C=O) groups excluding carboxylic acids is 1. The maximum Gasteiger partial charge on any atom is 0.258 e. The lowest BCUT2D eigenvalue weighted by Crippen LogP contribution is -2.31. The van der Waals surface area contributed by atoms with E-state index in [0.717, 1.165) is 11.3 Å². The van der Waals surface area contributed by atoms with Crippen molar-refractivity contribution in [3.8, 4) is 6.07 Å². The summed E-state index contributed by atoms with van der Waals surface area (Å²) in [5.74, 6) is -0.0774. The maximum absolute atomic E-state index is 12.6. The molecule has 0 saturated carbocycles. The molecule has 3 heteroatoms. The van der Waals surface area contributed by atoms with E-state index in [1.54, 1.807) is 17.0 Å². The molecule has 100 valence electrons. The summed E-state index contributed by atoms with van der Waals surface area (Å²) in [6.07, 6.45) is 0.312. The van der Waals surface area contributed by atoms with Gasteiger partial charge >= 0.3 is 0 Å². The first kappa shape index (κ1) is 13.8. The number of amides is 1. The Morgan fingerprint density at radius 2 is 1.90 bits per heavy atom. The highest BCUT2D eigenvalue weighted by Crippen LogP contribution is 2.19. The van der Waals surface area contributed by atoms with E-state index < -0.39 is 0 Å². The molecule has 0 heterocycles. The van der Waals surface area contributed by atoms with Gasteiger partial charge in [-0.05, 0) is 36.8 Å². The molecule has 0 saturated heterocycles. The summed E-state index contributed by atoms with van der Waals surface area (Å²) in [5, 5.41) is 8.78. The van der Waals surface area contributed by atoms with E-state index in [1.165, 1.54) is 0 Å². The largest absolute Gasteiger partial charge is 0.307 e. The summed E-state index contributed by atoms with van der Waals surface area (Å²) < 4.78 is 0. The molecular weight excluding hydrogens is 248 g/mol. The summed E-state index contributed by atoms with van der Waals surface area (Å²) in [7, 11) is 0. The lowest BCUT2D eigenvalue weighted by molar-refractivity contribution is 0.0987. The number of hydrogen-bond acceptors (Lipinski definition) is 2. The van der Waals surface area contributed by atoms with Gasteiger partial charge in [-0.2, -0.15) is 5.26 Å². The third-order valence-corrected chi connectivity index (χ3v) is 3.03. The van der Waals surface area contributed by atoms with Gasteiger partial charge in [0.15, 0.2) is 0 Å². The molecule has 0 atom stereocenters. The normalized spacial score (nSPS) is 9.80. The zero-order chi connectivity index (χ0) is 14.4. The third kappa shape index (κ3) is 3.24. The van der Waals surface area contributed by atoms with E-state index in [-0.39, 0.29) is 5.91 Å². The van der Waals surface area contributed by atoms with Crippen molar-refractivity contribution in [2.24, 2.45) is 0 Å². The topological polar surface area (TPSA) is 44.1 Å². The highest BCUT2D eigenvalue weighted by molar-refractivity contribution is 6.06. The minimum Gasteiger partial charge on any atom is -0.307 e. The molecule has 0 aliphatic heterocycles. The van der Waals surface area contributed by atoms with Crippen LogP contribution in [0, 0.1) is 18.3 Å². The zero-order valence-corrected chi connectivity index (χ0v) is 11.4. The Balaban J connectivity index is 2.33. The van der Waals surface area contributed by atoms with Gasteiger partial charge in [-0.1, -0.05) is 30.3 Å². The van der Waals surface area contributed by atoms with Crippen molar-refractivity contribution in [2.45, 2.75) is 13.3 Å². The summed E-state index contributed by atoms with van der Waals surface area (Å²) in [4.78, 5) is 14.2. The second-order valence-electron chi connectivity index (χ2n) is 4.57. The molecule has 0 aliphatic carbocycles.